The van der Waals surface area contributed by atoms with Gasteiger partial charge in [0, 0.05) is 39.5 Å². The Morgan fingerprint density at radius 3 is 2.00 bits per heavy atom. The van der Waals surface area contributed by atoms with Crippen molar-refractivity contribution >= 4 is 11.8 Å². The van der Waals surface area contributed by atoms with Crippen molar-refractivity contribution in [3.05, 3.63) is 0 Å². The topological polar surface area (TPSA) is 66.6 Å². The Kier molecular flexibility index (Phi) is 6.65. The summed E-state index contributed by atoms with van der Waals surface area (Å²) in [5, 5.41) is 0. The fraction of sp³-hybridized carbons (Fsp3) is 0.875. The van der Waals surface area contributed by atoms with Crippen molar-refractivity contribution in [2.24, 2.45) is 17.1 Å². The number of rotatable bonds is 5. The molecule has 1 unspecified atom stereocenters. The van der Waals surface area contributed by atoms with E-state index in [1.807, 2.05) is 4.90 Å². The van der Waals surface area contributed by atoms with Gasteiger partial charge in [-0.2, -0.15) is 0 Å². The van der Waals surface area contributed by atoms with Crippen molar-refractivity contribution in [3.8, 4) is 0 Å². The SMILES string of the molecule is CC(=O)N1CCN(C(=O)CCC(CCN)C(C)(C)C)CC1. The maximum atomic E-state index is 12.3. The molecule has 1 atom stereocenters. The van der Waals surface area contributed by atoms with Crippen LogP contribution < -0.4 is 5.73 Å². The molecule has 0 aromatic rings. The lowest BCUT2D eigenvalue weighted by atomic mass is 9.76. The third-order valence-corrected chi connectivity index (χ3v) is 4.52. The standard InChI is InChI=1S/C16H31N3O2/c1-13(20)18-9-11-19(12-10-18)15(21)6-5-14(7-8-17)16(2,3)4/h14H,5-12,17H2,1-4H3. The fourth-order valence-electron chi connectivity index (χ4n) is 2.94. The molecule has 2 amide bonds. The van der Waals surface area contributed by atoms with E-state index in [9.17, 15) is 9.59 Å². The quantitative estimate of drug-likeness (QED) is 0.835. The van der Waals surface area contributed by atoms with Crippen LogP contribution in [0, 0.1) is 11.3 Å². The largest absolute Gasteiger partial charge is 0.339 e. The lowest BCUT2D eigenvalue weighted by molar-refractivity contribution is -0.138. The van der Waals surface area contributed by atoms with Gasteiger partial charge >= 0.3 is 0 Å². The van der Waals surface area contributed by atoms with E-state index >= 15 is 0 Å². The molecule has 0 aliphatic carbocycles. The predicted molar refractivity (Wildman–Crippen MR) is 84.7 cm³/mol. The zero-order chi connectivity index (χ0) is 16.0. The van der Waals surface area contributed by atoms with Gasteiger partial charge in [0.25, 0.3) is 0 Å². The van der Waals surface area contributed by atoms with E-state index in [4.69, 9.17) is 5.73 Å². The number of nitrogens with zero attached hydrogens (tertiary/aromatic N) is 2. The van der Waals surface area contributed by atoms with Crippen molar-refractivity contribution in [1.29, 1.82) is 0 Å². The molecule has 0 aromatic heterocycles. The predicted octanol–water partition coefficient (Wildman–Crippen LogP) is 1.47. The summed E-state index contributed by atoms with van der Waals surface area (Å²) in [5.41, 5.74) is 5.87. The molecule has 0 spiro atoms. The van der Waals surface area contributed by atoms with Gasteiger partial charge in [0.1, 0.15) is 0 Å². The van der Waals surface area contributed by atoms with Crippen molar-refractivity contribution in [2.45, 2.75) is 47.0 Å². The average Bonchev–Trinajstić information content (AvgIpc) is 2.42. The second-order valence-electron chi connectivity index (χ2n) is 7.07. The number of nitrogens with two attached hydrogens (primary N) is 1. The summed E-state index contributed by atoms with van der Waals surface area (Å²) >= 11 is 0. The minimum Gasteiger partial charge on any atom is -0.339 e. The molecule has 0 saturated carbocycles. The summed E-state index contributed by atoms with van der Waals surface area (Å²) in [6.45, 7) is 11.5. The highest BCUT2D eigenvalue weighted by atomic mass is 16.2. The monoisotopic (exact) mass is 297 g/mol. The van der Waals surface area contributed by atoms with Gasteiger partial charge in [-0.3, -0.25) is 9.59 Å². The molecule has 21 heavy (non-hydrogen) atoms. The molecule has 0 bridgehead atoms. The maximum Gasteiger partial charge on any atom is 0.222 e. The van der Waals surface area contributed by atoms with Crippen LogP contribution in [0.3, 0.4) is 0 Å². The smallest absolute Gasteiger partial charge is 0.222 e. The minimum atomic E-state index is 0.0952. The third-order valence-electron chi connectivity index (χ3n) is 4.52. The summed E-state index contributed by atoms with van der Waals surface area (Å²) in [4.78, 5) is 27.3. The third kappa shape index (κ3) is 5.65. The number of hydrogen-bond donors (Lipinski definition) is 1. The Hall–Kier alpha value is -1.10. The first kappa shape index (κ1) is 18.0. The molecule has 0 aromatic carbocycles. The Bertz CT molecular complexity index is 355. The van der Waals surface area contributed by atoms with E-state index in [0.29, 0.717) is 45.1 Å². The molecule has 1 saturated heterocycles. The molecule has 1 aliphatic rings. The molecular weight excluding hydrogens is 266 g/mol. The van der Waals surface area contributed by atoms with Crippen LogP contribution in [0.5, 0.6) is 0 Å². The zero-order valence-electron chi connectivity index (χ0n) is 14.0. The van der Waals surface area contributed by atoms with Gasteiger partial charge in [0.15, 0.2) is 0 Å². The van der Waals surface area contributed by atoms with E-state index in [2.05, 4.69) is 20.8 Å². The van der Waals surface area contributed by atoms with Crippen molar-refractivity contribution in [3.63, 3.8) is 0 Å². The molecule has 2 N–H and O–H groups in total. The van der Waals surface area contributed by atoms with Crippen LogP contribution in [0.25, 0.3) is 0 Å². The van der Waals surface area contributed by atoms with E-state index in [1.165, 1.54) is 0 Å². The van der Waals surface area contributed by atoms with Gasteiger partial charge in [-0.25, -0.2) is 0 Å². The molecule has 0 radical (unpaired) electrons. The fourth-order valence-corrected chi connectivity index (χ4v) is 2.94. The molecule has 1 fully saturated rings. The minimum absolute atomic E-state index is 0.0952. The van der Waals surface area contributed by atoms with Crippen LogP contribution in [0.2, 0.25) is 0 Å². The molecular formula is C16H31N3O2. The van der Waals surface area contributed by atoms with Crippen LogP contribution in [0.15, 0.2) is 0 Å². The normalized spacial score (nSPS) is 17.8. The molecule has 5 heteroatoms. The van der Waals surface area contributed by atoms with Crippen LogP contribution >= 0.6 is 0 Å². The second-order valence-corrected chi connectivity index (χ2v) is 7.07. The highest BCUT2D eigenvalue weighted by Crippen LogP contribution is 2.32. The summed E-state index contributed by atoms with van der Waals surface area (Å²) in [6.07, 6.45) is 2.45. The molecule has 122 valence electrons. The number of carbonyl (C=O) groups excluding carboxylic acids is 2. The zero-order valence-corrected chi connectivity index (χ0v) is 14.0. The first-order valence-electron chi connectivity index (χ1n) is 7.99. The lowest BCUT2D eigenvalue weighted by Crippen LogP contribution is -2.50. The average molecular weight is 297 g/mol. The summed E-state index contributed by atoms with van der Waals surface area (Å²) in [7, 11) is 0. The van der Waals surface area contributed by atoms with Gasteiger partial charge in [-0.05, 0) is 30.7 Å². The van der Waals surface area contributed by atoms with Crippen molar-refractivity contribution in [2.75, 3.05) is 32.7 Å². The summed E-state index contributed by atoms with van der Waals surface area (Å²) < 4.78 is 0. The van der Waals surface area contributed by atoms with Crippen LogP contribution in [0.4, 0.5) is 0 Å². The highest BCUT2D eigenvalue weighted by Gasteiger charge is 2.27. The van der Waals surface area contributed by atoms with E-state index in [-0.39, 0.29) is 17.2 Å². The Morgan fingerprint density at radius 2 is 1.57 bits per heavy atom. The molecule has 1 heterocycles. The van der Waals surface area contributed by atoms with Crippen molar-refractivity contribution < 1.29 is 9.59 Å². The Labute approximate surface area is 128 Å². The van der Waals surface area contributed by atoms with Gasteiger partial charge in [-0.1, -0.05) is 20.8 Å². The number of piperazine rings is 1. The lowest BCUT2D eigenvalue weighted by Gasteiger charge is -2.35. The van der Waals surface area contributed by atoms with Crippen molar-refractivity contribution in [1.82, 2.24) is 9.80 Å². The van der Waals surface area contributed by atoms with E-state index < -0.39 is 0 Å². The van der Waals surface area contributed by atoms with Gasteiger partial charge in [-0.15, -0.1) is 0 Å². The van der Waals surface area contributed by atoms with Crippen LogP contribution in [-0.4, -0.2) is 54.3 Å². The maximum absolute atomic E-state index is 12.3. The Morgan fingerprint density at radius 1 is 1.05 bits per heavy atom. The van der Waals surface area contributed by atoms with E-state index in [1.54, 1.807) is 11.8 Å². The molecule has 1 aliphatic heterocycles. The van der Waals surface area contributed by atoms with Gasteiger partial charge in [0.2, 0.25) is 11.8 Å². The summed E-state index contributed by atoms with van der Waals surface area (Å²) in [5.74, 6) is 0.785. The number of carbonyl (C=O) groups is 2. The number of hydrogen-bond acceptors (Lipinski definition) is 3. The molecule has 1 rings (SSSR count). The number of amides is 2. The molecule has 5 nitrogen and oxygen atoms in total. The Balaban J connectivity index is 2.41. The van der Waals surface area contributed by atoms with Gasteiger partial charge in [0.05, 0.1) is 0 Å². The van der Waals surface area contributed by atoms with Crippen LogP contribution in [-0.2, 0) is 9.59 Å². The second kappa shape index (κ2) is 7.78. The first-order chi connectivity index (χ1) is 9.75. The highest BCUT2D eigenvalue weighted by molar-refractivity contribution is 5.77. The van der Waals surface area contributed by atoms with Crippen LogP contribution in [0.1, 0.15) is 47.0 Å². The summed E-state index contributed by atoms with van der Waals surface area (Å²) in [6, 6.07) is 0. The van der Waals surface area contributed by atoms with Gasteiger partial charge < -0.3 is 15.5 Å². The van der Waals surface area contributed by atoms with E-state index in [0.717, 1.165) is 12.8 Å². The first-order valence-corrected chi connectivity index (χ1v) is 7.99.